The highest BCUT2D eigenvalue weighted by molar-refractivity contribution is 8.15. The van der Waals surface area contributed by atoms with Gasteiger partial charge in [-0.1, -0.05) is 41.6 Å². The molecule has 0 bridgehead atoms. The van der Waals surface area contributed by atoms with E-state index in [1.54, 1.807) is 17.0 Å². The van der Waals surface area contributed by atoms with E-state index < -0.39 is 34.9 Å². The van der Waals surface area contributed by atoms with Gasteiger partial charge < -0.3 is 14.7 Å². The Morgan fingerprint density at radius 2 is 2.04 bits per heavy atom. The number of aliphatic imine (C=N–C) groups is 1. The zero-order valence-corrected chi connectivity index (χ0v) is 16.5. The molecule has 0 aliphatic carbocycles. The average Bonchev–Trinajstić information content (AvgIpc) is 3.01. The Balaban J connectivity index is 1.79. The SMILES string of the molecule is O=C(O)COCC(=O)N=C1SC2CS(=O)(=O)CC2N1Cc1ccccc1Cl. The molecule has 3 rings (SSSR count). The van der Waals surface area contributed by atoms with Crippen molar-refractivity contribution < 1.29 is 27.9 Å². The third-order valence-corrected chi connectivity index (χ3v) is 7.76. The molecule has 1 aromatic rings. The highest BCUT2D eigenvalue weighted by Gasteiger charge is 2.48. The number of thioether (sulfide) groups is 1. The Hall–Kier alpha value is -1.62. The van der Waals surface area contributed by atoms with Crippen molar-refractivity contribution in [2.45, 2.75) is 17.8 Å². The lowest BCUT2D eigenvalue weighted by Crippen LogP contribution is -2.37. The lowest BCUT2D eigenvalue weighted by atomic mass is 10.1. The van der Waals surface area contributed by atoms with Gasteiger partial charge in [-0.15, -0.1) is 0 Å². The number of halogens is 1. The minimum Gasteiger partial charge on any atom is -0.480 e. The number of hydrogen-bond donors (Lipinski definition) is 1. The fraction of sp³-hybridized carbons (Fsp3) is 0.438. The Bertz CT molecular complexity index is 889. The molecule has 2 saturated heterocycles. The van der Waals surface area contributed by atoms with Crippen LogP contribution in [0.25, 0.3) is 0 Å². The summed E-state index contributed by atoms with van der Waals surface area (Å²) in [5, 5.41) is 9.29. The van der Waals surface area contributed by atoms with Gasteiger partial charge in [-0.2, -0.15) is 4.99 Å². The molecule has 11 heteroatoms. The number of carboxylic acid groups (broad SMARTS) is 1. The summed E-state index contributed by atoms with van der Waals surface area (Å²) >= 11 is 7.46. The summed E-state index contributed by atoms with van der Waals surface area (Å²) in [6.07, 6.45) is 0. The summed E-state index contributed by atoms with van der Waals surface area (Å²) in [6.45, 7) is -0.716. The molecule has 2 aliphatic rings. The standard InChI is InChI=1S/C16H17ClN2O6S2/c17-11-4-2-1-3-10(11)5-19-12-8-27(23,24)9-13(12)26-16(19)18-14(20)6-25-7-15(21)22/h1-4,12-13H,5-9H2,(H,21,22). The average molecular weight is 433 g/mol. The van der Waals surface area contributed by atoms with Gasteiger partial charge in [-0.3, -0.25) is 4.79 Å². The number of ether oxygens (including phenoxy) is 1. The van der Waals surface area contributed by atoms with Crippen LogP contribution in [-0.4, -0.2) is 71.5 Å². The fourth-order valence-electron chi connectivity index (χ4n) is 3.00. The maximum absolute atomic E-state index is 12.0. The van der Waals surface area contributed by atoms with E-state index in [1.165, 1.54) is 11.8 Å². The zero-order chi connectivity index (χ0) is 19.6. The van der Waals surface area contributed by atoms with E-state index in [1.807, 2.05) is 12.1 Å². The van der Waals surface area contributed by atoms with Crippen molar-refractivity contribution in [2.75, 3.05) is 24.7 Å². The number of rotatable bonds is 6. The molecule has 1 aromatic carbocycles. The molecule has 1 amide bonds. The Kier molecular flexibility index (Phi) is 6.09. The number of fused-ring (bicyclic) bond motifs is 1. The van der Waals surface area contributed by atoms with E-state index in [2.05, 4.69) is 4.99 Å². The first kappa shape index (κ1) is 20.1. The lowest BCUT2D eigenvalue weighted by Gasteiger charge is -2.24. The van der Waals surface area contributed by atoms with E-state index in [0.29, 0.717) is 16.7 Å². The number of carbonyl (C=O) groups excluding carboxylic acids is 1. The Labute approximate surface area is 165 Å². The van der Waals surface area contributed by atoms with Gasteiger partial charge in [0.25, 0.3) is 5.91 Å². The smallest absolute Gasteiger partial charge is 0.329 e. The van der Waals surface area contributed by atoms with Crippen LogP contribution in [0.5, 0.6) is 0 Å². The molecule has 2 heterocycles. The van der Waals surface area contributed by atoms with Gasteiger partial charge >= 0.3 is 5.97 Å². The lowest BCUT2D eigenvalue weighted by molar-refractivity contribution is -0.143. The number of nitrogens with zero attached hydrogens (tertiary/aromatic N) is 2. The van der Waals surface area contributed by atoms with Gasteiger partial charge in [-0.25, -0.2) is 13.2 Å². The van der Waals surface area contributed by atoms with Gasteiger partial charge in [0.15, 0.2) is 15.0 Å². The van der Waals surface area contributed by atoms with Crippen LogP contribution >= 0.6 is 23.4 Å². The maximum atomic E-state index is 12.0. The minimum absolute atomic E-state index is 0.00214. The van der Waals surface area contributed by atoms with Gasteiger partial charge in [0.2, 0.25) is 0 Å². The number of hydrogen-bond acceptors (Lipinski definition) is 6. The van der Waals surface area contributed by atoms with E-state index in [4.69, 9.17) is 21.4 Å². The molecule has 27 heavy (non-hydrogen) atoms. The van der Waals surface area contributed by atoms with Crippen LogP contribution in [-0.2, 0) is 30.7 Å². The van der Waals surface area contributed by atoms with Crippen LogP contribution < -0.4 is 0 Å². The summed E-state index contributed by atoms with van der Waals surface area (Å²) in [5.74, 6) is -1.77. The fourth-order valence-corrected chi connectivity index (χ4v) is 7.16. The van der Waals surface area contributed by atoms with Crippen LogP contribution in [0.3, 0.4) is 0 Å². The van der Waals surface area contributed by atoms with E-state index >= 15 is 0 Å². The molecule has 0 spiro atoms. The molecule has 146 valence electrons. The second-order valence-corrected chi connectivity index (χ2v) is 9.96. The molecular weight excluding hydrogens is 416 g/mol. The number of sulfone groups is 1. The first-order valence-corrected chi connectivity index (χ1v) is 11.1. The van der Waals surface area contributed by atoms with Crippen molar-refractivity contribution in [3.63, 3.8) is 0 Å². The molecule has 1 N–H and O–H groups in total. The largest absolute Gasteiger partial charge is 0.480 e. The van der Waals surface area contributed by atoms with Crippen LogP contribution in [0.4, 0.5) is 0 Å². The topological polar surface area (TPSA) is 113 Å². The van der Waals surface area contributed by atoms with Crippen molar-refractivity contribution in [1.82, 2.24) is 4.90 Å². The molecule has 0 saturated carbocycles. The molecule has 0 aromatic heterocycles. The molecule has 2 atom stereocenters. The van der Waals surface area contributed by atoms with Crippen molar-refractivity contribution in [1.29, 1.82) is 0 Å². The molecule has 0 radical (unpaired) electrons. The van der Waals surface area contributed by atoms with E-state index in [0.717, 1.165) is 5.56 Å². The molecule has 2 fully saturated rings. The van der Waals surface area contributed by atoms with E-state index in [9.17, 15) is 18.0 Å². The zero-order valence-electron chi connectivity index (χ0n) is 14.1. The number of amidine groups is 1. The quantitative estimate of drug-likeness (QED) is 0.709. The summed E-state index contributed by atoms with van der Waals surface area (Å²) in [6, 6.07) is 6.91. The van der Waals surface area contributed by atoms with Crippen molar-refractivity contribution in [3.05, 3.63) is 34.9 Å². The normalized spacial score (nSPS) is 24.9. The molecule has 2 unspecified atom stereocenters. The summed E-state index contributed by atoms with van der Waals surface area (Å²) < 4.78 is 28.8. The van der Waals surface area contributed by atoms with Crippen LogP contribution in [0, 0.1) is 0 Å². The first-order valence-electron chi connectivity index (χ1n) is 8.03. The predicted octanol–water partition coefficient (Wildman–Crippen LogP) is 1.04. The summed E-state index contributed by atoms with van der Waals surface area (Å²) in [4.78, 5) is 28.3. The molecular formula is C16H17ClN2O6S2. The van der Waals surface area contributed by atoms with Crippen molar-refractivity contribution >= 4 is 50.2 Å². The second-order valence-electron chi connectivity index (χ2n) is 6.19. The number of carboxylic acids is 1. The number of aliphatic carboxylic acids is 1. The van der Waals surface area contributed by atoms with E-state index in [-0.39, 0.29) is 22.8 Å². The third kappa shape index (κ3) is 5.01. The highest BCUT2D eigenvalue weighted by atomic mass is 35.5. The van der Waals surface area contributed by atoms with Crippen molar-refractivity contribution in [2.24, 2.45) is 4.99 Å². The molecule has 2 aliphatic heterocycles. The third-order valence-electron chi connectivity index (χ3n) is 4.14. The number of carbonyl (C=O) groups is 2. The van der Waals surface area contributed by atoms with Gasteiger partial charge in [0, 0.05) is 16.8 Å². The number of amides is 1. The molecule has 8 nitrogen and oxygen atoms in total. The first-order chi connectivity index (χ1) is 12.7. The monoisotopic (exact) mass is 432 g/mol. The Morgan fingerprint density at radius 3 is 2.74 bits per heavy atom. The number of benzene rings is 1. The van der Waals surface area contributed by atoms with Gasteiger partial charge in [0.05, 0.1) is 17.5 Å². The van der Waals surface area contributed by atoms with Crippen LogP contribution in [0.2, 0.25) is 5.02 Å². The predicted molar refractivity (Wildman–Crippen MR) is 102 cm³/mol. The van der Waals surface area contributed by atoms with Gasteiger partial charge in [-0.05, 0) is 11.6 Å². The minimum atomic E-state index is -3.14. The van der Waals surface area contributed by atoms with Crippen molar-refractivity contribution in [3.8, 4) is 0 Å². The maximum Gasteiger partial charge on any atom is 0.329 e. The van der Waals surface area contributed by atoms with Gasteiger partial charge in [0.1, 0.15) is 13.2 Å². The highest BCUT2D eigenvalue weighted by Crippen LogP contribution is 2.39. The second kappa shape index (κ2) is 8.17. The summed E-state index contributed by atoms with van der Waals surface area (Å²) in [7, 11) is -3.14. The van der Waals surface area contributed by atoms with Crippen LogP contribution in [0.1, 0.15) is 5.56 Å². The summed E-state index contributed by atoms with van der Waals surface area (Å²) in [5.41, 5.74) is 0.798. The Morgan fingerprint density at radius 1 is 1.30 bits per heavy atom. The van der Waals surface area contributed by atoms with Crippen LogP contribution in [0.15, 0.2) is 29.3 Å².